The van der Waals surface area contributed by atoms with E-state index in [2.05, 4.69) is 41.5 Å². The number of rotatable bonds is 8. The van der Waals surface area contributed by atoms with Crippen LogP contribution in [0.15, 0.2) is 18.2 Å². The number of aldehydes is 1. The number of carbonyl (C=O) groups excluding carboxylic acids is 1. The van der Waals surface area contributed by atoms with Gasteiger partial charge in [0.2, 0.25) is 8.32 Å². The molecule has 0 aliphatic heterocycles. The van der Waals surface area contributed by atoms with Gasteiger partial charge in [-0.15, -0.1) is 22.7 Å². The molecule has 0 saturated carbocycles. The SMILES string of the molecule is CC(C)[Si](OC(c1ccc(Cl)s1)c1cc(C=O)sc1Cl)(C(C)C)C(C)C. The highest BCUT2D eigenvalue weighted by Gasteiger charge is 2.47. The summed E-state index contributed by atoms with van der Waals surface area (Å²) in [5.41, 5.74) is 2.21. The molecule has 26 heavy (non-hydrogen) atoms. The van der Waals surface area contributed by atoms with Gasteiger partial charge in [0, 0.05) is 10.4 Å². The van der Waals surface area contributed by atoms with Crippen LogP contribution in [0.3, 0.4) is 0 Å². The maximum Gasteiger partial charge on any atom is 0.201 e. The topological polar surface area (TPSA) is 26.3 Å². The Labute approximate surface area is 175 Å². The molecule has 2 rings (SSSR count). The van der Waals surface area contributed by atoms with Crippen LogP contribution in [0.25, 0.3) is 0 Å². The van der Waals surface area contributed by atoms with E-state index in [-0.39, 0.29) is 6.10 Å². The lowest BCUT2D eigenvalue weighted by atomic mass is 10.1. The van der Waals surface area contributed by atoms with Crippen LogP contribution in [0.5, 0.6) is 0 Å². The lowest BCUT2D eigenvalue weighted by molar-refractivity contribution is 0.112. The molecular formula is C19H26Cl2O2S2Si. The molecule has 7 heteroatoms. The Morgan fingerprint density at radius 2 is 1.58 bits per heavy atom. The number of hydrogen-bond donors (Lipinski definition) is 0. The predicted molar refractivity (Wildman–Crippen MR) is 118 cm³/mol. The Balaban J connectivity index is 2.60. The second-order valence-electron chi connectivity index (χ2n) is 7.45. The Bertz CT molecular complexity index is 731. The number of thiophene rings is 2. The van der Waals surface area contributed by atoms with Gasteiger partial charge in [-0.2, -0.15) is 0 Å². The van der Waals surface area contributed by atoms with Crippen LogP contribution in [-0.2, 0) is 4.43 Å². The molecule has 144 valence electrons. The van der Waals surface area contributed by atoms with Crippen molar-refractivity contribution in [1.82, 2.24) is 0 Å². The number of halogens is 2. The third-order valence-corrected chi connectivity index (χ3v) is 13.7. The van der Waals surface area contributed by atoms with E-state index in [9.17, 15) is 4.79 Å². The van der Waals surface area contributed by atoms with Crippen molar-refractivity contribution in [3.8, 4) is 0 Å². The molecule has 0 aliphatic rings. The summed E-state index contributed by atoms with van der Waals surface area (Å²) in [5, 5.41) is 0. The molecule has 1 unspecified atom stereocenters. The summed E-state index contributed by atoms with van der Waals surface area (Å²) in [6.07, 6.45) is 0.556. The van der Waals surface area contributed by atoms with Crippen LogP contribution in [-0.4, -0.2) is 14.6 Å². The highest BCUT2D eigenvalue weighted by molar-refractivity contribution is 7.18. The number of hydrogen-bond acceptors (Lipinski definition) is 4. The fourth-order valence-electron chi connectivity index (χ4n) is 4.00. The van der Waals surface area contributed by atoms with Crippen LogP contribution in [0.2, 0.25) is 25.3 Å². The maximum atomic E-state index is 11.2. The largest absolute Gasteiger partial charge is 0.404 e. The minimum atomic E-state index is -2.15. The minimum absolute atomic E-state index is 0.288. The summed E-state index contributed by atoms with van der Waals surface area (Å²) in [5.74, 6) is 0. The molecule has 0 radical (unpaired) electrons. The van der Waals surface area contributed by atoms with Gasteiger partial charge in [-0.1, -0.05) is 64.7 Å². The van der Waals surface area contributed by atoms with Crippen molar-refractivity contribution in [3.63, 3.8) is 0 Å². The van der Waals surface area contributed by atoms with E-state index in [1.165, 1.54) is 22.7 Å². The highest BCUT2D eigenvalue weighted by atomic mass is 35.5. The van der Waals surface area contributed by atoms with Crippen LogP contribution < -0.4 is 0 Å². The Hall–Kier alpha value is -0.173. The summed E-state index contributed by atoms with van der Waals surface area (Å²) in [4.78, 5) is 12.9. The summed E-state index contributed by atoms with van der Waals surface area (Å²) >= 11 is 15.5. The average Bonchev–Trinajstić information content (AvgIpc) is 3.13. The van der Waals surface area contributed by atoms with E-state index < -0.39 is 8.32 Å². The van der Waals surface area contributed by atoms with Gasteiger partial charge in [-0.3, -0.25) is 4.79 Å². The molecule has 0 N–H and O–H groups in total. The van der Waals surface area contributed by atoms with Crippen molar-refractivity contribution in [1.29, 1.82) is 0 Å². The Morgan fingerprint density at radius 3 is 1.96 bits per heavy atom. The normalized spacial score (nSPS) is 13.8. The van der Waals surface area contributed by atoms with Gasteiger partial charge in [0.1, 0.15) is 6.10 Å². The van der Waals surface area contributed by atoms with Gasteiger partial charge in [-0.25, -0.2) is 0 Å². The third kappa shape index (κ3) is 4.29. The van der Waals surface area contributed by atoms with Crippen LogP contribution in [0.1, 0.15) is 67.8 Å². The van der Waals surface area contributed by atoms with Crippen molar-refractivity contribution in [2.75, 3.05) is 0 Å². The van der Waals surface area contributed by atoms with E-state index >= 15 is 0 Å². The molecule has 2 nitrogen and oxygen atoms in total. The minimum Gasteiger partial charge on any atom is -0.404 e. The predicted octanol–water partition coefficient (Wildman–Crippen LogP) is 8.21. The van der Waals surface area contributed by atoms with E-state index in [1.807, 2.05) is 18.2 Å². The van der Waals surface area contributed by atoms with Crippen LogP contribution >= 0.6 is 45.9 Å². The standard InChI is InChI=1S/C19H26Cl2O2S2Si/c1-11(2)26(12(3)4,13(5)6)23-18(16-7-8-17(20)25-16)15-9-14(10-22)24-19(15)21/h7-13,18H,1-6H3. The first-order valence-electron chi connectivity index (χ1n) is 8.80. The van der Waals surface area contributed by atoms with E-state index in [0.29, 0.717) is 25.8 Å². The second kappa shape index (κ2) is 8.89. The Kier molecular flexibility index (Phi) is 7.56. The summed E-state index contributed by atoms with van der Waals surface area (Å²) in [6, 6.07) is 5.76. The van der Waals surface area contributed by atoms with Crippen molar-refractivity contribution in [2.45, 2.75) is 64.3 Å². The van der Waals surface area contributed by atoms with Gasteiger partial charge in [0.15, 0.2) is 6.29 Å². The molecule has 0 aliphatic carbocycles. The first kappa shape index (κ1) is 22.1. The van der Waals surface area contributed by atoms with E-state index in [0.717, 1.165) is 21.1 Å². The van der Waals surface area contributed by atoms with E-state index in [1.54, 1.807) is 0 Å². The molecule has 2 aromatic rings. The zero-order valence-electron chi connectivity index (χ0n) is 16.0. The molecule has 0 fully saturated rings. The molecule has 0 amide bonds. The maximum absolute atomic E-state index is 11.2. The summed E-state index contributed by atoms with van der Waals surface area (Å²) < 4.78 is 8.38. The second-order valence-corrected chi connectivity index (χ2v) is 16.3. The third-order valence-electron chi connectivity index (χ3n) is 5.01. The fourth-order valence-corrected chi connectivity index (χ4v) is 11.8. The van der Waals surface area contributed by atoms with Crippen LogP contribution in [0.4, 0.5) is 0 Å². The molecule has 0 spiro atoms. The lowest BCUT2D eigenvalue weighted by Gasteiger charge is -2.44. The first-order valence-corrected chi connectivity index (χ1v) is 13.3. The molecule has 2 heterocycles. The molecule has 0 aromatic carbocycles. The van der Waals surface area contributed by atoms with Gasteiger partial charge in [-0.05, 0) is 34.8 Å². The molecule has 1 atom stereocenters. The van der Waals surface area contributed by atoms with E-state index in [4.69, 9.17) is 27.6 Å². The van der Waals surface area contributed by atoms with Gasteiger partial charge in [0.05, 0.1) is 13.5 Å². The zero-order valence-corrected chi connectivity index (χ0v) is 20.2. The summed E-state index contributed by atoms with van der Waals surface area (Å²) in [6.45, 7) is 13.6. The average molecular weight is 450 g/mol. The highest BCUT2D eigenvalue weighted by Crippen LogP contribution is 2.49. The first-order chi connectivity index (χ1) is 12.1. The quantitative estimate of drug-likeness (QED) is 0.300. The number of carbonyl (C=O) groups is 1. The monoisotopic (exact) mass is 448 g/mol. The lowest BCUT2D eigenvalue weighted by Crippen LogP contribution is -2.48. The zero-order chi connectivity index (χ0) is 19.6. The van der Waals surface area contributed by atoms with Crippen molar-refractivity contribution in [2.24, 2.45) is 0 Å². The molecular weight excluding hydrogens is 423 g/mol. The van der Waals surface area contributed by atoms with Crippen LogP contribution in [0, 0.1) is 0 Å². The molecule has 2 aromatic heterocycles. The van der Waals surface area contributed by atoms with Crippen molar-refractivity contribution in [3.05, 3.63) is 42.2 Å². The molecule has 0 bridgehead atoms. The molecule has 0 saturated heterocycles. The van der Waals surface area contributed by atoms with Crippen molar-refractivity contribution < 1.29 is 9.22 Å². The van der Waals surface area contributed by atoms with Gasteiger partial charge < -0.3 is 4.43 Å². The summed E-state index contributed by atoms with van der Waals surface area (Å²) in [7, 11) is -2.15. The Morgan fingerprint density at radius 1 is 1.00 bits per heavy atom. The smallest absolute Gasteiger partial charge is 0.201 e. The van der Waals surface area contributed by atoms with Crippen molar-refractivity contribution >= 4 is 60.5 Å². The van der Waals surface area contributed by atoms with Gasteiger partial charge in [0.25, 0.3) is 0 Å². The fraction of sp³-hybridized carbons (Fsp3) is 0.526. The van der Waals surface area contributed by atoms with Gasteiger partial charge >= 0.3 is 0 Å².